The van der Waals surface area contributed by atoms with Gasteiger partial charge in [0.05, 0.1) is 3.79 Å². The number of hydrogen-bond acceptors (Lipinski definition) is 3. The summed E-state index contributed by atoms with van der Waals surface area (Å²) in [5.74, 6) is 0. The molecule has 0 radical (unpaired) electrons. The molecular weight excluding hydrogens is 346 g/mol. The van der Waals surface area contributed by atoms with Gasteiger partial charge in [0.15, 0.2) is 0 Å². The molecule has 0 unspecified atom stereocenters. The van der Waals surface area contributed by atoms with E-state index in [2.05, 4.69) is 20.7 Å². The molecule has 0 amide bonds. The molecule has 0 saturated heterocycles. The van der Waals surface area contributed by atoms with Crippen molar-refractivity contribution in [1.29, 1.82) is 0 Å². The van der Waals surface area contributed by atoms with Gasteiger partial charge in [0, 0.05) is 6.54 Å². The first-order valence-corrected chi connectivity index (χ1v) is 8.79. The first kappa shape index (κ1) is 14.7. The van der Waals surface area contributed by atoms with Crippen LogP contribution in [-0.4, -0.2) is 8.42 Å². The molecule has 0 saturated carbocycles. The van der Waals surface area contributed by atoms with Crippen molar-refractivity contribution in [3.63, 3.8) is 0 Å². The summed E-state index contributed by atoms with van der Waals surface area (Å²) < 4.78 is 28.0. The van der Waals surface area contributed by atoms with Crippen molar-refractivity contribution in [2.24, 2.45) is 0 Å². The third kappa shape index (κ3) is 3.66. The first-order chi connectivity index (χ1) is 8.88. The van der Waals surface area contributed by atoms with Crippen molar-refractivity contribution in [2.45, 2.75) is 24.6 Å². The molecule has 0 aliphatic rings. The molecule has 102 valence electrons. The Labute approximate surface area is 125 Å². The van der Waals surface area contributed by atoms with Crippen molar-refractivity contribution in [2.75, 3.05) is 0 Å². The Hall–Kier alpha value is -0.690. The zero-order valence-electron chi connectivity index (χ0n) is 10.6. The van der Waals surface area contributed by atoms with E-state index in [9.17, 15) is 8.42 Å². The molecule has 2 aromatic rings. The van der Waals surface area contributed by atoms with E-state index in [0.717, 1.165) is 20.5 Å². The van der Waals surface area contributed by atoms with Crippen LogP contribution >= 0.6 is 27.3 Å². The van der Waals surface area contributed by atoms with Gasteiger partial charge in [0.2, 0.25) is 10.0 Å². The summed E-state index contributed by atoms with van der Waals surface area (Å²) in [5.41, 5.74) is 3.03. The average molecular weight is 360 g/mol. The van der Waals surface area contributed by atoms with Gasteiger partial charge in [-0.25, -0.2) is 13.1 Å². The lowest BCUT2D eigenvalue weighted by Gasteiger charge is -2.05. The summed E-state index contributed by atoms with van der Waals surface area (Å²) in [5, 5.41) is 0. The highest BCUT2D eigenvalue weighted by molar-refractivity contribution is 9.11. The number of benzene rings is 1. The van der Waals surface area contributed by atoms with E-state index >= 15 is 0 Å². The van der Waals surface area contributed by atoms with Gasteiger partial charge in [0.1, 0.15) is 4.21 Å². The highest BCUT2D eigenvalue weighted by Crippen LogP contribution is 2.30. The Balaban J connectivity index is 2.11. The van der Waals surface area contributed by atoms with E-state index in [1.165, 1.54) is 11.3 Å². The lowest BCUT2D eigenvalue weighted by atomic mass is 10.2. The van der Waals surface area contributed by atoms with Crippen molar-refractivity contribution < 1.29 is 8.42 Å². The predicted octanol–water partition coefficient (Wildman–Crippen LogP) is 3.61. The van der Waals surface area contributed by atoms with Gasteiger partial charge in [-0.2, -0.15) is 0 Å². The Bertz CT molecular complexity index is 656. The number of aryl methyl sites for hydroxylation is 2. The van der Waals surface area contributed by atoms with Crippen LogP contribution in [0.1, 0.15) is 16.7 Å². The highest BCUT2D eigenvalue weighted by Gasteiger charge is 2.17. The Morgan fingerprint density at radius 2 is 1.84 bits per heavy atom. The molecule has 1 heterocycles. The molecule has 0 atom stereocenters. The van der Waals surface area contributed by atoms with Gasteiger partial charge < -0.3 is 0 Å². The van der Waals surface area contributed by atoms with Gasteiger partial charge in [-0.3, -0.25) is 0 Å². The van der Waals surface area contributed by atoms with Gasteiger partial charge in [-0.1, -0.05) is 29.8 Å². The lowest BCUT2D eigenvalue weighted by Crippen LogP contribution is -2.22. The number of sulfonamides is 1. The molecule has 0 aliphatic heterocycles. The van der Waals surface area contributed by atoms with Crippen molar-refractivity contribution in [3.8, 4) is 0 Å². The zero-order chi connectivity index (χ0) is 14.0. The van der Waals surface area contributed by atoms with Gasteiger partial charge >= 0.3 is 0 Å². The minimum absolute atomic E-state index is 0.303. The summed E-state index contributed by atoms with van der Waals surface area (Å²) in [6, 6.07) is 9.46. The Morgan fingerprint density at radius 3 is 2.37 bits per heavy atom. The molecule has 2 rings (SSSR count). The Morgan fingerprint density at radius 1 is 1.21 bits per heavy atom. The number of hydrogen-bond donors (Lipinski definition) is 1. The van der Waals surface area contributed by atoms with Crippen LogP contribution in [-0.2, 0) is 16.6 Å². The second-order valence-electron chi connectivity index (χ2n) is 4.33. The third-order valence-corrected chi connectivity index (χ3v) is 6.70. The molecule has 1 aromatic heterocycles. The van der Waals surface area contributed by atoms with Crippen LogP contribution in [0.3, 0.4) is 0 Å². The molecule has 0 fully saturated rings. The summed E-state index contributed by atoms with van der Waals surface area (Å²) in [7, 11) is -3.43. The van der Waals surface area contributed by atoms with Crippen LogP contribution in [0.25, 0.3) is 0 Å². The largest absolute Gasteiger partial charge is 0.250 e. The topological polar surface area (TPSA) is 46.2 Å². The molecule has 0 aliphatic carbocycles. The fourth-order valence-electron chi connectivity index (χ4n) is 1.52. The fourth-order valence-corrected chi connectivity index (χ4v) is 4.81. The van der Waals surface area contributed by atoms with E-state index in [4.69, 9.17) is 0 Å². The van der Waals surface area contributed by atoms with Gasteiger partial charge in [-0.05, 0) is 47.0 Å². The smallest absolute Gasteiger partial charge is 0.206 e. The van der Waals surface area contributed by atoms with E-state index < -0.39 is 10.0 Å². The van der Waals surface area contributed by atoms with E-state index in [-0.39, 0.29) is 0 Å². The van der Waals surface area contributed by atoms with Crippen LogP contribution in [0.5, 0.6) is 0 Å². The van der Waals surface area contributed by atoms with Gasteiger partial charge in [0.25, 0.3) is 0 Å². The predicted molar refractivity (Wildman–Crippen MR) is 82.0 cm³/mol. The molecule has 6 heteroatoms. The molecule has 3 nitrogen and oxygen atoms in total. The van der Waals surface area contributed by atoms with Crippen molar-refractivity contribution >= 4 is 37.3 Å². The molecule has 19 heavy (non-hydrogen) atoms. The van der Waals surface area contributed by atoms with Gasteiger partial charge in [-0.15, -0.1) is 11.3 Å². The molecule has 1 N–H and O–H groups in total. The summed E-state index contributed by atoms with van der Waals surface area (Å²) >= 11 is 4.56. The monoisotopic (exact) mass is 359 g/mol. The number of halogens is 1. The maximum absolute atomic E-state index is 12.1. The first-order valence-electron chi connectivity index (χ1n) is 5.69. The summed E-state index contributed by atoms with van der Waals surface area (Å²) in [6.45, 7) is 4.18. The molecule has 0 spiro atoms. The van der Waals surface area contributed by atoms with Crippen LogP contribution in [0.15, 0.2) is 38.3 Å². The minimum Gasteiger partial charge on any atom is -0.206 e. The van der Waals surface area contributed by atoms with E-state index in [1.54, 1.807) is 6.07 Å². The third-order valence-electron chi connectivity index (χ3n) is 2.69. The maximum Gasteiger partial charge on any atom is 0.250 e. The second-order valence-corrected chi connectivity index (χ2v) is 8.70. The quantitative estimate of drug-likeness (QED) is 0.906. The minimum atomic E-state index is -3.43. The summed E-state index contributed by atoms with van der Waals surface area (Å²) in [4.78, 5) is 0. The SMILES string of the molecule is Cc1ccc(CNS(=O)(=O)c2cc(C)c(Br)s2)cc1. The van der Waals surface area contributed by atoms with Crippen molar-refractivity contribution in [3.05, 3.63) is 50.8 Å². The highest BCUT2D eigenvalue weighted by atomic mass is 79.9. The van der Waals surface area contributed by atoms with Crippen LogP contribution in [0.4, 0.5) is 0 Å². The van der Waals surface area contributed by atoms with Crippen molar-refractivity contribution in [1.82, 2.24) is 4.72 Å². The molecular formula is C13H14BrNO2S2. The second kappa shape index (κ2) is 5.75. The standard InChI is InChI=1S/C13H14BrNO2S2/c1-9-3-5-11(6-4-9)8-15-19(16,17)12-7-10(2)13(14)18-12/h3-7,15H,8H2,1-2H3. The van der Waals surface area contributed by atoms with E-state index in [1.807, 2.05) is 38.1 Å². The maximum atomic E-state index is 12.1. The van der Waals surface area contributed by atoms with E-state index in [0.29, 0.717) is 10.8 Å². The van der Waals surface area contributed by atoms with Crippen LogP contribution in [0, 0.1) is 13.8 Å². The number of nitrogens with one attached hydrogen (secondary N) is 1. The number of thiophene rings is 1. The average Bonchev–Trinajstić information content (AvgIpc) is 2.70. The Kier molecular flexibility index (Phi) is 4.45. The van der Waals surface area contributed by atoms with Crippen LogP contribution < -0.4 is 4.72 Å². The molecule has 0 bridgehead atoms. The lowest BCUT2D eigenvalue weighted by molar-refractivity contribution is 0.583. The zero-order valence-corrected chi connectivity index (χ0v) is 13.8. The summed E-state index contributed by atoms with van der Waals surface area (Å²) in [6.07, 6.45) is 0. The normalized spacial score (nSPS) is 11.7. The number of rotatable bonds is 4. The fraction of sp³-hybridized carbons (Fsp3) is 0.231. The van der Waals surface area contributed by atoms with Crippen LogP contribution in [0.2, 0.25) is 0 Å². The molecule has 1 aromatic carbocycles.